The summed E-state index contributed by atoms with van der Waals surface area (Å²) < 4.78 is 1.84. The number of benzene rings is 1. The molecule has 0 saturated heterocycles. The van der Waals surface area contributed by atoms with Gasteiger partial charge < -0.3 is 10.2 Å². The summed E-state index contributed by atoms with van der Waals surface area (Å²) >= 11 is 6.03. The summed E-state index contributed by atoms with van der Waals surface area (Å²) in [7, 11) is 1.98. The molecule has 1 aromatic carbocycles. The summed E-state index contributed by atoms with van der Waals surface area (Å²) in [4.78, 5) is 22.6. The zero-order valence-electron chi connectivity index (χ0n) is 14.7. The Bertz CT molecular complexity index is 1050. The van der Waals surface area contributed by atoms with E-state index < -0.39 is 5.91 Å². The van der Waals surface area contributed by atoms with Crippen LogP contribution in [-0.4, -0.2) is 32.7 Å². The van der Waals surface area contributed by atoms with Gasteiger partial charge in [-0.1, -0.05) is 17.7 Å². The summed E-state index contributed by atoms with van der Waals surface area (Å²) in [6.45, 7) is 2.48. The number of aromatic nitrogens is 4. The number of nitrogens with zero attached hydrogens (tertiary/aromatic N) is 5. The number of nitrogens with two attached hydrogens (primary N) is 1. The number of fused-ring (bicyclic) bond motifs is 3. The molecule has 27 heavy (non-hydrogen) atoms. The van der Waals surface area contributed by atoms with Crippen molar-refractivity contribution in [2.24, 2.45) is 5.84 Å². The van der Waals surface area contributed by atoms with Gasteiger partial charge in [0.05, 0.1) is 34.9 Å². The number of nitrogen functional groups attached to an aromatic ring is 1. The highest BCUT2D eigenvalue weighted by Crippen LogP contribution is 2.38. The van der Waals surface area contributed by atoms with Gasteiger partial charge >= 0.3 is 0 Å². The molecule has 3 aromatic rings. The number of hydrogen-bond donors (Lipinski definition) is 3. The van der Waals surface area contributed by atoms with Gasteiger partial charge in [0.15, 0.2) is 5.82 Å². The van der Waals surface area contributed by atoms with E-state index in [1.165, 1.54) is 6.20 Å². The minimum atomic E-state index is -0.464. The third kappa shape index (κ3) is 2.96. The summed E-state index contributed by atoms with van der Waals surface area (Å²) in [5.41, 5.74) is 5.53. The molecule has 3 heterocycles. The molecule has 10 heteroatoms. The number of hydrazine groups is 1. The van der Waals surface area contributed by atoms with Gasteiger partial charge in [-0.3, -0.25) is 10.2 Å². The van der Waals surface area contributed by atoms with Crippen molar-refractivity contribution in [2.45, 2.75) is 13.5 Å². The van der Waals surface area contributed by atoms with Crippen molar-refractivity contribution >= 4 is 34.6 Å². The number of pyridine rings is 1. The molecule has 0 aliphatic carbocycles. The Morgan fingerprint density at radius 3 is 2.93 bits per heavy atom. The third-order valence-electron chi connectivity index (χ3n) is 4.30. The number of nitrogens with one attached hydrogen (secondary N) is 2. The first-order valence-corrected chi connectivity index (χ1v) is 8.56. The van der Waals surface area contributed by atoms with Crippen molar-refractivity contribution in [3.8, 4) is 5.69 Å². The number of amides is 1. The second kappa shape index (κ2) is 6.53. The van der Waals surface area contributed by atoms with Crippen LogP contribution in [0.2, 0.25) is 5.15 Å². The fourth-order valence-corrected chi connectivity index (χ4v) is 3.34. The zero-order chi connectivity index (χ0) is 19.1. The van der Waals surface area contributed by atoms with Crippen LogP contribution in [0.5, 0.6) is 0 Å². The van der Waals surface area contributed by atoms with E-state index in [4.69, 9.17) is 17.4 Å². The van der Waals surface area contributed by atoms with Crippen molar-refractivity contribution in [1.82, 2.24) is 25.2 Å². The SMILES string of the molecule is Cc1nc2n(n1)-c1cccc(Nc3cc(Cl)ncc3C(=O)NN)c1N(C)C2. The van der Waals surface area contributed by atoms with E-state index in [1.807, 2.05) is 36.9 Å². The zero-order valence-corrected chi connectivity index (χ0v) is 15.4. The predicted molar refractivity (Wildman–Crippen MR) is 102 cm³/mol. The summed E-state index contributed by atoms with van der Waals surface area (Å²) in [5.74, 6) is 6.40. The number of aryl methyl sites for hydroxylation is 1. The maximum Gasteiger partial charge on any atom is 0.268 e. The molecule has 0 radical (unpaired) electrons. The van der Waals surface area contributed by atoms with E-state index in [0.29, 0.717) is 18.1 Å². The van der Waals surface area contributed by atoms with Crippen molar-refractivity contribution in [3.63, 3.8) is 0 Å². The molecule has 0 unspecified atom stereocenters. The van der Waals surface area contributed by atoms with E-state index in [0.717, 1.165) is 22.9 Å². The number of carbonyl (C=O) groups is 1. The van der Waals surface area contributed by atoms with Crippen LogP contribution in [0.25, 0.3) is 5.69 Å². The molecular weight excluding hydrogens is 368 g/mol. The number of para-hydroxylation sites is 1. The van der Waals surface area contributed by atoms with Gasteiger partial charge in [-0.05, 0) is 25.1 Å². The Kier molecular flexibility index (Phi) is 4.17. The van der Waals surface area contributed by atoms with Crippen LogP contribution in [0, 0.1) is 6.92 Å². The fraction of sp³-hybridized carbons (Fsp3) is 0.176. The van der Waals surface area contributed by atoms with Crippen molar-refractivity contribution < 1.29 is 4.79 Å². The van der Waals surface area contributed by atoms with E-state index in [1.54, 1.807) is 6.07 Å². The summed E-state index contributed by atoms with van der Waals surface area (Å²) in [5, 5.41) is 8.03. The quantitative estimate of drug-likeness (QED) is 0.273. The Hall–Kier alpha value is -3.17. The molecule has 4 N–H and O–H groups in total. The van der Waals surface area contributed by atoms with Crippen LogP contribution in [0.1, 0.15) is 22.0 Å². The van der Waals surface area contributed by atoms with Crippen molar-refractivity contribution in [1.29, 1.82) is 0 Å². The Morgan fingerprint density at radius 2 is 2.15 bits per heavy atom. The van der Waals surface area contributed by atoms with Crippen LogP contribution in [0.15, 0.2) is 30.5 Å². The summed E-state index contributed by atoms with van der Waals surface area (Å²) in [6.07, 6.45) is 1.38. The first-order valence-electron chi connectivity index (χ1n) is 8.18. The monoisotopic (exact) mass is 384 g/mol. The lowest BCUT2D eigenvalue weighted by Gasteiger charge is -2.30. The van der Waals surface area contributed by atoms with Crippen LogP contribution in [0.3, 0.4) is 0 Å². The highest BCUT2D eigenvalue weighted by molar-refractivity contribution is 6.29. The van der Waals surface area contributed by atoms with Gasteiger partial charge in [-0.2, -0.15) is 5.10 Å². The lowest BCUT2D eigenvalue weighted by atomic mass is 10.1. The van der Waals surface area contributed by atoms with Crippen LogP contribution in [0.4, 0.5) is 17.1 Å². The van der Waals surface area contributed by atoms with Crippen LogP contribution >= 0.6 is 11.6 Å². The standard InChI is InChI=1S/C17H17ClN8O/c1-9-21-15-8-25(2)16-11(4-3-5-13(16)26(15)24-9)22-12-6-14(18)20-7-10(12)17(27)23-19/h3-7H,8,19H2,1-2H3,(H,20,22)(H,23,27). The van der Waals surface area contributed by atoms with Gasteiger partial charge in [0.2, 0.25) is 0 Å². The van der Waals surface area contributed by atoms with Crippen LogP contribution < -0.4 is 21.5 Å². The molecule has 0 saturated carbocycles. The average Bonchev–Trinajstić information content (AvgIpc) is 3.01. The van der Waals surface area contributed by atoms with Crippen LogP contribution in [-0.2, 0) is 6.54 Å². The van der Waals surface area contributed by atoms with E-state index in [-0.39, 0.29) is 10.7 Å². The number of hydrogen-bond acceptors (Lipinski definition) is 7. The van der Waals surface area contributed by atoms with E-state index in [9.17, 15) is 4.79 Å². The molecular formula is C17H17ClN8O. The minimum Gasteiger partial charge on any atom is -0.364 e. The molecule has 0 bridgehead atoms. The molecule has 0 spiro atoms. The topological polar surface area (TPSA) is 114 Å². The maximum atomic E-state index is 12.1. The third-order valence-corrected chi connectivity index (χ3v) is 4.51. The lowest BCUT2D eigenvalue weighted by molar-refractivity contribution is 0.0954. The molecule has 0 fully saturated rings. The maximum absolute atomic E-state index is 12.1. The fourth-order valence-electron chi connectivity index (χ4n) is 3.19. The second-order valence-electron chi connectivity index (χ2n) is 6.17. The molecule has 1 amide bonds. The Balaban J connectivity index is 1.82. The molecule has 9 nitrogen and oxygen atoms in total. The average molecular weight is 385 g/mol. The number of halogens is 1. The van der Waals surface area contributed by atoms with Gasteiger partial charge in [0.1, 0.15) is 11.0 Å². The number of carbonyl (C=O) groups excluding carboxylic acids is 1. The van der Waals surface area contributed by atoms with Gasteiger partial charge in [-0.25, -0.2) is 20.5 Å². The first-order chi connectivity index (χ1) is 13.0. The molecule has 4 rings (SSSR count). The highest BCUT2D eigenvalue weighted by atomic mass is 35.5. The highest BCUT2D eigenvalue weighted by Gasteiger charge is 2.25. The summed E-state index contributed by atoms with van der Waals surface area (Å²) in [6, 6.07) is 7.38. The molecule has 1 aliphatic heterocycles. The van der Waals surface area contributed by atoms with Crippen molar-refractivity contribution in [2.75, 3.05) is 17.3 Å². The lowest BCUT2D eigenvalue weighted by Crippen LogP contribution is -2.31. The smallest absolute Gasteiger partial charge is 0.268 e. The van der Waals surface area contributed by atoms with Gasteiger partial charge in [0, 0.05) is 13.2 Å². The second-order valence-corrected chi connectivity index (χ2v) is 6.55. The number of anilines is 3. The van der Waals surface area contributed by atoms with Crippen molar-refractivity contribution in [3.05, 3.63) is 52.8 Å². The minimum absolute atomic E-state index is 0.262. The largest absolute Gasteiger partial charge is 0.364 e. The molecule has 1 aliphatic rings. The van der Waals surface area contributed by atoms with E-state index in [2.05, 4.69) is 30.7 Å². The van der Waals surface area contributed by atoms with Gasteiger partial charge in [0.25, 0.3) is 5.91 Å². The van der Waals surface area contributed by atoms with Gasteiger partial charge in [-0.15, -0.1) is 0 Å². The van der Waals surface area contributed by atoms with E-state index >= 15 is 0 Å². The normalized spacial score (nSPS) is 12.4. The predicted octanol–water partition coefficient (Wildman–Crippen LogP) is 1.92. The Morgan fingerprint density at radius 1 is 1.33 bits per heavy atom. The first kappa shape index (κ1) is 17.3. The Labute approximate surface area is 160 Å². The molecule has 2 aromatic heterocycles. The molecule has 138 valence electrons. The molecule has 0 atom stereocenters. The number of rotatable bonds is 3.